The number of amides is 2. The number of aromatic hydroxyl groups is 1. The van der Waals surface area contributed by atoms with Gasteiger partial charge in [0, 0.05) is 5.70 Å². The topological polar surface area (TPSA) is 160 Å². The zero-order valence-corrected chi connectivity index (χ0v) is 20.9. The van der Waals surface area contributed by atoms with Gasteiger partial charge in [0.1, 0.15) is 6.61 Å². The molecule has 0 fully saturated rings. The second-order valence-corrected chi connectivity index (χ2v) is 7.85. The fourth-order valence-electron chi connectivity index (χ4n) is 3.61. The molecule has 2 atom stereocenters. The number of aliphatic hydroxyl groups is 1. The second-order valence-electron chi connectivity index (χ2n) is 7.85. The fraction of sp³-hybridized carbons (Fsp3) is 0.320. The first-order chi connectivity index (χ1) is 17.8. The molecular weight excluding hydrogens is 484 g/mol. The Hall–Kier alpha value is -4.45. The molecule has 0 saturated heterocycles. The van der Waals surface area contributed by atoms with Crippen LogP contribution in [0.25, 0.3) is 0 Å². The maximum absolute atomic E-state index is 12.4. The summed E-state index contributed by atoms with van der Waals surface area (Å²) in [4.78, 5) is 24.4. The lowest BCUT2D eigenvalue weighted by Crippen LogP contribution is -2.45. The van der Waals surface area contributed by atoms with Crippen molar-refractivity contribution < 1.29 is 38.7 Å². The van der Waals surface area contributed by atoms with E-state index in [9.17, 15) is 19.8 Å². The first-order valence-electron chi connectivity index (χ1n) is 11.4. The van der Waals surface area contributed by atoms with E-state index in [2.05, 4.69) is 21.2 Å². The van der Waals surface area contributed by atoms with Crippen molar-refractivity contribution in [1.29, 1.82) is 0 Å². The Balaban J connectivity index is 1.69. The molecule has 5 N–H and O–H groups in total. The number of nitrogens with one attached hydrogen (secondary N) is 3. The number of benzene rings is 2. The first kappa shape index (κ1) is 27.1. The van der Waals surface area contributed by atoms with Crippen LogP contribution in [0, 0.1) is 0 Å². The number of hydrazone groups is 1. The van der Waals surface area contributed by atoms with Crippen molar-refractivity contribution in [1.82, 2.24) is 16.1 Å². The number of rotatable bonds is 11. The summed E-state index contributed by atoms with van der Waals surface area (Å²) >= 11 is 0. The van der Waals surface area contributed by atoms with Crippen molar-refractivity contribution in [2.24, 2.45) is 5.10 Å². The minimum atomic E-state index is -1.16. The van der Waals surface area contributed by atoms with E-state index < -0.39 is 24.3 Å². The van der Waals surface area contributed by atoms with Crippen LogP contribution in [-0.4, -0.2) is 62.1 Å². The molecule has 0 unspecified atom stereocenters. The van der Waals surface area contributed by atoms with Crippen molar-refractivity contribution in [2.75, 3.05) is 27.4 Å². The summed E-state index contributed by atoms with van der Waals surface area (Å²) in [6.07, 6.45) is 0.266. The minimum absolute atomic E-state index is 0.0318. The number of aliphatic hydroxyl groups excluding tert-OH is 1. The van der Waals surface area contributed by atoms with Crippen LogP contribution in [0.15, 0.2) is 52.8 Å². The van der Waals surface area contributed by atoms with Gasteiger partial charge in [0.25, 0.3) is 0 Å². The molecule has 0 aliphatic carbocycles. The van der Waals surface area contributed by atoms with Crippen LogP contribution in [-0.2, 0) is 9.53 Å². The molecule has 3 rings (SSSR count). The molecule has 1 aliphatic rings. The summed E-state index contributed by atoms with van der Waals surface area (Å²) in [5.74, 6) is 0.434. The van der Waals surface area contributed by atoms with Crippen LogP contribution in [0.5, 0.6) is 23.0 Å². The number of carbonyl (C=O) groups is 2. The van der Waals surface area contributed by atoms with Gasteiger partial charge >= 0.3 is 12.0 Å². The number of ether oxygens (including phenoxy) is 4. The van der Waals surface area contributed by atoms with Gasteiger partial charge in [-0.3, -0.25) is 5.43 Å². The Bertz CT molecular complexity index is 1200. The van der Waals surface area contributed by atoms with Crippen molar-refractivity contribution >= 4 is 18.2 Å². The van der Waals surface area contributed by atoms with Gasteiger partial charge in [-0.25, -0.2) is 9.59 Å². The lowest BCUT2D eigenvalue weighted by atomic mass is 9.95. The molecule has 0 saturated carbocycles. The van der Waals surface area contributed by atoms with E-state index in [1.54, 1.807) is 44.2 Å². The monoisotopic (exact) mass is 514 g/mol. The smallest absolute Gasteiger partial charge is 0.337 e. The van der Waals surface area contributed by atoms with E-state index in [4.69, 9.17) is 18.9 Å². The molecule has 2 aromatic carbocycles. The minimum Gasteiger partial charge on any atom is -0.504 e. The molecule has 1 aliphatic heterocycles. The normalized spacial score (nSPS) is 16.0. The average Bonchev–Trinajstić information content (AvgIpc) is 2.87. The second kappa shape index (κ2) is 12.5. The fourth-order valence-corrected chi connectivity index (χ4v) is 3.61. The van der Waals surface area contributed by atoms with Crippen LogP contribution in [0.4, 0.5) is 4.79 Å². The first-order valence-corrected chi connectivity index (χ1v) is 11.4. The molecule has 198 valence electrons. The summed E-state index contributed by atoms with van der Waals surface area (Å²) < 4.78 is 21.3. The molecular formula is C25H30N4O8. The van der Waals surface area contributed by atoms with Gasteiger partial charge in [0.05, 0.1) is 38.7 Å². The van der Waals surface area contributed by atoms with Crippen molar-refractivity contribution in [3.8, 4) is 23.0 Å². The molecule has 0 radical (unpaired) electrons. The number of urea groups is 1. The number of hydrogen-bond donors (Lipinski definition) is 5. The van der Waals surface area contributed by atoms with E-state index in [1.807, 2.05) is 0 Å². The Morgan fingerprint density at radius 1 is 1.16 bits per heavy atom. The van der Waals surface area contributed by atoms with Crippen LogP contribution in [0.2, 0.25) is 0 Å². The molecule has 0 bridgehead atoms. The van der Waals surface area contributed by atoms with Crippen LogP contribution in [0.3, 0.4) is 0 Å². The lowest BCUT2D eigenvalue weighted by molar-refractivity contribution is -0.136. The van der Waals surface area contributed by atoms with E-state index in [0.717, 1.165) is 0 Å². The molecule has 1 heterocycles. The summed E-state index contributed by atoms with van der Waals surface area (Å²) in [6.45, 7) is 3.58. The number of esters is 1. The zero-order valence-electron chi connectivity index (χ0n) is 20.9. The Labute approximate surface area is 213 Å². The summed E-state index contributed by atoms with van der Waals surface area (Å²) in [5.41, 5.74) is 4.36. The predicted octanol–water partition coefficient (Wildman–Crippen LogP) is 1.92. The maximum atomic E-state index is 12.4. The quantitative estimate of drug-likeness (QED) is 0.131. The van der Waals surface area contributed by atoms with Crippen LogP contribution in [0.1, 0.15) is 31.0 Å². The highest BCUT2D eigenvalue weighted by atomic mass is 16.5. The molecule has 2 aromatic rings. The van der Waals surface area contributed by atoms with Gasteiger partial charge < -0.3 is 39.8 Å². The number of phenolic OH excluding ortho intramolecular Hbond substituents is 1. The van der Waals surface area contributed by atoms with E-state index in [0.29, 0.717) is 40.7 Å². The number of allylic oxidation sites excluding steroid dienone is 1. The highest BCUT2D eigenvalue weighted by molar-refractivity contribution is 5.95. The highest BCUT2D eigenvalue weighted by Crippen LogP contribution is 2.35. The molecule has 37 heavy (non-hydrogen) atoms. The van der Waals surface area contributed by atoms with Crippen molar-refractivity contribution in [3.63, 3.8) is 0 Å². The van der Waals surface area contributed by atoms with Crippen molar-refractivity contribution in [2.45, 2.75) is 26.1 Å². The average molecular weight is 515 g/mol. The van der Waals surface area contributed by atoms with Gasteiger partial charge in [-0.05, 0) is 55.3 Å². The third-order valence-corrected chi connectivity index (χ3v) is 5.31. The summed E-state index contributed by atoms with van der Waals surface area (Å²) in [6, 6.07) is 8.50. The van der Waals surface area contributed by atoms with Gasteiger partial charge in [0.2, 0.25) is 0 Å². The summed E-state index contributed by atoms with van der Waals surface area (Å²) in [7, 11) is 2.72. The van der Waals surface area contributed by atoms with Gasteiger partial charge in [-0.2, -0.15) is 5.10 Å². The highest BCUT2D eigenvalue weighted by Gasteiger charge is 2.32. The third-order valence-electron chi connectivity index (χ3n) is 5.31. The van der Waals surface area contributed by atoms with Gasteiger partial charge in [0.15, 0.2) is 29.2 Å². The maximum Gasteiger partial charge on any atom is 0.337 e. The lowest BCUT2D eigenvalue weighted by Gasteiger charge is -2.28. The number of nitrogens with zero attached hydrogens (tertiary/aromatic N) is 1. The largest absolute Gasteiger partial charge is 0.504 e. The Morgan fingerprint density at radius 2 is 1.92 bits per heavy atom. The number of phenols is 1. The number of methoxy groups -OCH3 is 2. The zero-order chi connectivity index (χ0) is 26.9. The predicted molar refractivity (Wildman–Crippen MR) is 134 cm³/mol. The number of hydrogen-bond acceptors (Lipinski definition) is 10. The Kier molecular flexibility index (Phi) is 9.16. The molecule has 12 nitrogen and oxygen atoms in total. The molecule has 0 spiro atoms. The molecule has 2 amide bonds. The Morgan fingerprint density at radius 3 is 2.59 bits per heavy atom. The van der Waals surface area contributed by atoms with Crippen LogP contribution < -0.4 is 30.3 Å². The van der Waals surface area contributed by atoms with E-state index in [1.165, 1.54) is 26.5 Å². The van der Waals surface area contributed by atoms with Gasteiger partial charge in [-0.1, -0.05) is 6.07 Å². The van der Waals surface area contributed by atoms with Gasteiger partial charge in [-0.15, -0.1) is 0 Å². The van der Waals surface area contributed by atoms with Crippen LogP contribution >= 0.6 is 0 Å². The number of carbonyl (C=O) groups excluding carboxylic acids is 2. The third kappa shape index (κ3) is 6.82. The standard InChI is InChI=1S/C25H30N4O8/c1-5-36-20-11-16(23-22(24(32)35-4)14(2)27-25(33)28-23)7-9-19(20)37-13-21(31)29-26-12-15-6-8-18(34-3)17(30)10-15/h6-12,21,23,29-31H,5,13H2,1-4H3,(H2,27,28,33)/b26-12+/t21-,23+/m0/s1. The van der Waals surface area contributed by atoms with Crippen molar-refractivity contribution in [3.05, 3.63) is 58.8 Å². The van der Waals surface area contributed by atoms with E-state index >= 15 is 0 Å². The molecule has 12 heteroatoms. The molecule has 0 aromatic heterocycles. The SMILES string of the molecule is CCOc1cc([C@H]2NC(=O)NC(C)=C2C(=O)OC)ccc1OC[C@H](O)N/N=C/c1ccc(OC)c(O)c1. The summed E-state index contributed by atoms with van der Waals surface area (Å²) in [5, 5.41) is 29.3. The van der Waals surface area contributed by atoms with E-state index in [-0.39, 0.29) is 17.9 Å².